The molecule has 0 aliphatic carbocycles. The van der Waals surface area contributed by atoms with Crippen LogP contribution in [0.15, 0.2) is 53.4 Å². The fraction of sp³-hybridized carbons (Fsp3) is 0.381. The Bertz CT molecular complexity index is 974. The van der Waals surface area contributed by atoms with E-state index in [1.165, 1.54) is 12.1 Å². The van der Waals surface area contributed by atoms with Crippen LogP contribution in [0, 0.1) is 0 Å². The molecule has 1 amide bonds. The first-order valence-corrected chi connectivity index (χ1v) is 11.7. The highest BCUT2D eigenvalue weighted by Gasteiger charge is 2.28. The first-order chi connectivity index (χ1) is 14.3. The first kappa shape index (κ1) is 22.4. The Labute approximate surface area is 182 Å². The van der Waals surface area contributed by atoms with Gasteiger partial charge < -0.3 is 14.5 Å². The number of nitrogens with one attached hydrogen (secondary N) is 1. The third kappa shape index (κ3) is 5.44. The zero-order chi connectivity index (χ0) is 21.7. The molecular formula is C21H26ClN3O4S. The molecule has 0 spiro atoms. The lowest BCUT2D eigenvalue weighted by molar-refractivity contribution is -0.132. The molecule has 162 valence electrons. The molecule has 30 heavy (non-hydrogen) atoms. The number of carbonyl (C=O) groups is 1. The number of rotatable bonds is 7. The summed E-state index contributed by atoms with van der Waals surface area (Å²) in [5.74, 6) is 0.355. The highest BCUT2D eigenvalue weighted by atomic mass is 35.5. The van der Waals surface area contributed by atoms with Crippen molar-refractivity contribution in [2.75, 3.05) is 37.7 Å². The fourth-order valence-corrected chi connectivity index (χ4v) is 4.75. The van der Waals surface area contributed by atoms with Gasteiger partial charge in [-0.05, 0) is 56.3 Å². The number of halogens is 1. The second-order valence-electron chi connectivity index (χ2n) is 7.04. The molecule has 0 radical (unpaired) electrons. The molecule has 2 aromatic carbocycles. The van der Waals surface area contributed by atoms with Gasteiger partial charge >= 0.3 is 0 Å². The number of benzene rings is 2. The van der Waals surface area contributed by atoms with Crippen LogP contribution in [0.25, 0.3) is 0 Å². The smallest absolute Gasteiger partial charge is 0.241 e. The molecule has 1 atom stereocenters. The minimum absolute atomic E-state index is 0.0939. The number of carbonyl (C=O) groups excluding carboxylic acids is 1. The van der Waals surface area contributed by atoms with E-state index in [2.05, 4.69) is 9.62 Å². The largest absolute Gasteiger partial charge is 0.494 e. The number of hydrogen-bond acceptors (Lipinski definition) is 5. The molecule has 1 saturated heterocycles. The van der Waals surface area contributed by atoms with Crippen LogP contribution in [0.3, 0.4) is 0 Å². The van der Waals surface area contributed by atoms with Crippen molar-refractivity contribution in [1.82, 2.24) is 9.62 Å². The van der Waals surface area contributed by atoms with Gasteiger partial charge in [-0.15, -0.1) is 0 Å². The summed E-state index contributed by atoms with van der Waals surface area (Å²) in [6.45, 7) is 6.27. The van der Waals surface area contributed by atoms with E-state index in [0.29, 0.717) is 43.6 Å². The molecule has 0 unspecified atom stereocenters. The van der Waals surface area contributed by atoms with E-state index in [0.717, 1.165) is 5.69 Å². The summed E-state index contributed by atoms with van der Waals surface area (Å²) in [6.07, 6.45) is 0. The van der Waals surface area contributed by atoms with Crippen molar-refractivity contribution in [3.05, 3.63) is 53.6 Å². The molecule has 9 heteroatoms. The molecule has 7 nitrogen and oxygen atoms in total. The van der Waals surface area contributed by atoms with Gasteiger partial charge in [0.25, 0.3) is 0 Å². The maximum atomic E-state index is 12.8. The predicted octanol–water partition coefficient (Wildman–Crippen LogP) is 2.75. The molecule has 0 saturated carbocycles. The van der Waals surface area contributed by atoms with Crippen LogP contribution >= 0.6 is 11.6 Å². The number of hydrogen-bond donors (Lipinski definition) is 1. The van der Waals surface area contributed by atoms with E-state index in [4.69, 9.17) is 16.3 Å². The molecule has 2 aromatic rings. The van der Waals surface area contributed by atoms with Gasteiger partial charge in [0.1, 0.15) is 5.75 Å². The van der Waals surface area contributed by atoms with Crippen LogP contribution in [-0.2, 0) is 14.8 Å². The number of sulfonamides is 1. The van der Waals surface area contributed by atoms with Crippen molar-refractivity contribution >= 4 is 33.2 Å². The summed E-state index contributed by atoms with van der Waals surface area (Å²) in [7, 11) is -3.81. The molecule has 0 bridgehead atoms. The van der Waals surface area contributed by atoms with Crippen LogP contribution in [0.2, 0.25) is 5.02 Å². The summed E-state index contributed by atoms with van der Waals surface area (Å²) in [4.78, 5) is 16.7. The Morgan fingerprint density at radius 1 is 1.13 bits per heavy atom. The maximum Gasteiger partial charge on any atom is 0.241 e. The zero-order valence-electron chi connectivity index (χ0n) is 17.0. The van der Waals surface area contributed by atoms with Crippen LogP contribution in [0.5, 0.6) is 5.75 Å². The standard InChI is InChI=1S/C21H26ClN3O4S/c1-3-29-19-7-9-20(10-8-19)30(27,28)23-16(2)21(26)25-13-11-24(12-14-25)18-6-4-5-17(22)15-18/h4-10,15-16,23H,3,11-14H2,1-2H3/t16-/m0/s1. The molecule has 1 N–H and O–H groups in total. The number of piperazine rings is 1. The lowest BCUT2D eigenvalue weighted by atomic mass is 10.2. The van der Waals surface area contributed by atoms with Gasteiger partial charge in [-0.2, -0.15) is 4.72 Å². The second kappa shape index (κ2) is 9.68. The molecule has 1 heterocycles. The van der Waals surface area contributed by atoms with Crippen LogP contribution in [0.4, 0.5) is 5.69 Å². The number of ether oxygens (including phenoxy) is 1. The van der Waals surface area contributed by atoms with E-state index in [9.17, 15) is 13.2 Å². The normalized spacial score (nSPS) is 15.7. The van der Waals surface area contributed by atoms with E-state index < -0.39 is 16.1 Å². The zero-order valence-corrected chi connectivity index (χ0v) is 18.6. The van der Waals surface area contributed by atoms with Crippen LogP contribution in [0.1, 0.15) is 13.8 Å². The predicted molar refractivity (Wildman–Crippen MR) is 118 cm³/mol. The summed E-state index contributed by atoms with van der Waals surface area (Å²) < 4.78 is 33.1. The minimum Gasteiger partial charge on any atom is -0.494 e. The molecule has 1 aliphatic heterocycles. The summed E-state index contributed by atoms with van der Waals surface area (Å²) in [5, 5.41) is 0.670. The average Bonchev–Trinajstić information content (AvgIpc) is 2.73. The molecule has 1 fully saturated rings. The van der Waals surface area contributed by atoms with E-state index in [1.54, 1.807) is 24.0 Å². The van der Waals surface area contributed by atoms with Gasteiger partial charge in [-0.3, -0.25) is 4.79 Å². The van der Waals surface area contributed by atoms with Crippen molar-refractivity contribution in [1.29, 1.82) is 0 Å². The Morgan fingerprint density at radius 3 is 2.40 bits per heavy atom. The van der Waals surface area contributed by atoms with E-state index in [-0.39, 0.29) is 10.8 Å². The van der Waals surface area contributed by atoms with Crippen molar-refractivity contribution in [3.63, 3.8) is 0 Å². The Kier molecular flexibility index (Phi) is 7.23. The van der Waals surface area contributed by atoms with Gasteiger partial charge in [0.2, 0.25) is 15.9 Å². The van der Waals surface area contributed by atoms with Crippen molar-refractivity contribution < 1.29 is 17.9 Å². The number of amides is 1. The summed E-state index contributed by atoms with van der Waals surface area (Å²) in [5.41, 5.74) is 1.01. The Hall–Kier alpha value is -2.29. The summed E-state index contributed by atoms with van der Waals surface area (Å²) >= 11 is 6.06. The SMILES string of the molecule is CCOc1ccc(S(=O)(=O)N[C@@H](C)C(=O)N2CCN(c3cccc(Cl)c3)CC2)cc1. The lowest BCUT2D eigenvalue weighted by Gasteiger charge is -2.37. The van der Waals surface area contributed by atoms with Crippen molar-refractivity contribution in [2.24, 2.45) is 0 Å². The average molecular weight is 452 g/mol. The molecule has 0 aromatic heterocycles. The first-order valence-electron chi connectivity index (χ1n) is 9.84. The minimum atomic E-state index is -3.81. The third-order valence-electron chi connectivity index (χ3n) is 4.91. The van der Waals surface area contributed by atoms with Crippen molar-refractivity contribution in [3.8, 4) is 5.75 Å². The molecular weight excluding hydrogens is 426 g/mol. The van der Waals surface area contributed by atoms with E-state index in [1.807, 2.05) is 31.2 Å². The number of nitrogens with zero attached hydrogens (tertiary/aromatic N) is 2. The second-order valence-corrected chi connectivity index (χ2v) is 9.19. The van der Waals surface area contributed by atoms with Crippen molar-refractivity contribution in [2.45, 2.75) is 24.8 Å². The van der Waals surface area contributed by atoms with E-state index >= 15 is 0 Å². The topological polar surface area (TPSA) is 78.9 Å². The number of anilines is 1. The van der Waals surface area contributed by atoms with Gasteiger partial charge in [-0.25, -0.2) is 8.42 Å². The third-order valence-corrected chi connectivity index (χ3v) is 6.70. The summed E-state index contributed by atoms with van der Waals surface area (Å²) in [6, 6.07) is 12.9. The Balaban J connectivity index is 1.58. The lowest BCUT2D eigenvalue weighted by Crippen LogP contribution is -2.54. The molecule has 1 aliphatic rings. The Morgan fingerprint density at radius 2 is 1.80 bits per heavy atom. The quantitative estimate of drug-likeness (QED) is 0.700. The maximum absolute atomic E-state index is 12.8. The van der Waals surface area contributed by atoms with Gasteiger partial charge in [0, 0.05) is 36.9 Å². The highest BCUT2D eigenvalue weighted by molar-refractivity contribution is 7.89. The monoisotopic (exact) mass is 451 g/mol. The fourth-order valence-electron chi connectivity index (χ4n) is 3.36. The van der Waals surface area contributed by atoms with Gasteiger partial charge in [0.05, 0.1) is 17.5 Å². The van der Waals surface area contributed by atoms with Gasteiger partial charge in [-0.1, -0.05) is 17.7 Å². The van der Waals surface area contributed by atoms with Crippen LogP contribution < -0.4 is 14.4 Å². The highest BCUT2D eigenvalue weighted by Crippen LogP contribution is 2.21. The van der Waals surface area contributed by atoms with Crippen LogP contribution in [-0.4, -0.2) is 58.1 Å². The van der Waals surface area contributed by atoms with Gasteiger partial charge in [0.15, 0.2) is 0 Å². The molecule has 3 rings (SSSR count).